The standard InChI is InChI=1S/C35H41NO13/c1-5-8-23(38)36-19-12-25(48-16(3)30(19)40)49-21-14-35(45,22(37)15-47-24(39)9-6-2)13-18-27(21)34(44)29-28(32(18)42)31(41)17-10-7-11-20(46-4)26(17)33(29)43/h7,10-11,16,19,21,25,30,40,42,44-45H,5-6,8-9,12-15H2,1-4H3,(H,36,38)/t16-,19-,21-,25+,30-,35-/m0/s1. The number of phenolic OH excluding ortho intramolecular Hbond substituents is 2. The number of carbonyl (C=O) groups is 5. The van der Waals surface area contributed by atoms with Crippen molar-refractivity contribution in [2.24, 2.45) is 0 Å². The smallest absolute Gasteiger partial charge is 0.306 e. The summed E-state index contributed by atoms with van der Waals surface area (Å²) in [5, 5.41) is 48.7. The molecule has 0 radical (unpaired) electrons. The van der Waals surface area contributed by atoms with Crippen LogP contribution in [0.15, 0.2) is 18.2 Å². The Labute approximate surface area is 282 Å². The normalized spacial score (nSPS) is 25.9. The quantitative estimate of drug-likeness (QED) is 0.145. The lowest BCUT2D eigenvalue weighted by atomic mass is 9.72. The highest BCUT2D eigenvalue weighted by molar-refractivity contribution is 6.31. The molecule has 2 aromatic carbocycles. The van der Waals surface area contributed by atoms with Gasteiger partial charge in [0.15, 0.2) is 18.7 Å². The van der Waals surface area contributed by atoms with E-state index >= 15 is 0 Å². The van der Waals surface area contributed by atoms with Crippen LogP contribution in [0.3, 0.4) is 0 Å². The fourth-order valence-corrected chi connectivity index (χ4v) is 6.77. The number of hydrogen-bond acceptors (Lipinski definition) is 13. The molecule has 14 heteroatoms. The number of nitrogens with one attached hydrogen (secondary N) is 1. The number of ether oxygens (including phenoxy) is 4. The summed E-state index contributed by atoms with van der Waals surface area (Å²) in [5.74, 6) is -4.86. The fraction of sp³-hybridized carbons (Fsp3) is 0.514. The molecule has 2 aromatic rings. The number of Topliss-reactive ketones (excluding diaryl/α,β-unsaturated/α-hetero) is 1. The first-order valence-electron chi connectivity index (χ1n) is 16.3. The molecule has 2 aliphatic carbocycles. The molecule has 14 nitrogen and oxygen atoms in total. The Morgan fingerprint density at radius 2 is 1.71 bits per heavy atom. The van der Waals surface area contributed by atoms with E-state index in [1.165, 1.54) is 25.3 Å². The lowest BCUT2D eigenvalue weighted by Crippen LogP contribution is -2.55. The molecule has 0 unspecified atom stereocenters. The minimum absolute atomic E-state index is 0.0441. The van der Waals surface area contributed by atoms with Crippen molar-refractivity contribution in [2.45, 2.75) is 102 Å². The number of fused-ring (bicyclic) bond motifs is 3. The van der Waals surface area contributed by atoms with Crippen molar-refractivity contribution in [3.8, 4) is 17.2 Å². The van der Waals surface area contributed by atoms with Gasteiger partial charge in [0, 0.05) is 48.8 Å². The molecule has 1 aliphatic heterocycles. The highest BCUT2D eigenvalue weighted by atomic mass is 16.7. The van der Waals surface area contributed by atoms with Crippen LogP contribution in [-0.2, 0) is 35.0 Å². The van der Waals surface area contributed by atoms with Crippen LogP contribution < -0.4 is 10.1 Å². The maximum atomic E-state index is 13.9. The molecule has 0 aromatic heterocycles. The van der Waals surface area contributed by atoms with Crippen LogP contribution in [0.2, 0.25) is 0 Å². The molecule has 1 saturated heterocycles. The van der Waals surface area contributed by atoms with Crippen molar-refractivity contribution < 1.29 is 63.3 Å². The number of ketones is 3. The maximum Gasteiger partial charge on any atom is 0.306 e. The van der Waals surface area contributed by atoms with Gasteiger partial charge in [-0.15, -0.1) is 0 Å². The monoisotopic (exact) mass is 683 g/mol. The second-order valence-corrected chi connectivity index (χ2v) is 12.7. The molecular weight excluding hydrogens is 642 g/mol. The first-order chi connectivity index (χ1) is 23.3. The first kappa shape index (κ1) is 35.9. The Bertz CT molecular complexity index is 1690. The van der Waals surface area contributed by atoms with Crippen molar-refractivity contribution in [2.75, 3.05) is 13.7 Å². The van der Waals surface area contributed by atoms with E-state index in [4.69, 9.17) is 18.9 Å². The number of hydrogen-bond donors (Lipinski definition) is 5. The predicted molar refractivity (Wildman–Crippen MR) is 169 cm³/mol. The molecule has 5 rings (SSSR count). The van der Waals surface area contributed by atoms with E-state index in [1.54, 1.807) is 13.8 Å². The molecule has 5 N–H and O–H groups in total. The summed E-state index contributed by atoms with van der Waals surface area (Å²) < 4.78 is 22.5. The van der Waals surface area contributed by atoms with E-state index in [9.17, 15) is 44.4 Å². The first-order valence-corrected chi connectivity index (χ1v) is 16.3. The van der Waals surface area contributed by atoms with Crippen molar-refractivity contribution in [3.05, 3.63) is 51.6 Å². The molecule has 1 heterocycles. The van der Waals surface area contributed by atoms with Crippen molar-refractivity contribution in [1.82, 2.24) is 5.32 Å². The van der Waals surface area contributed by atoms with Gasteiger partial charge in [0.1, 0.15) is 29.0 Å². The third-order valence-electron chi connectivity index (χ3n) is 9.26. The number of methoxy groups -OCH3 is 1. The number of amides is 1. The van der Waals surface area contributed by atoms with Gasteiger partial charge in [-0.25, -0.2) is 0 Å². The van der Waals surface area contributed by atoms with Gasteiger partial charge in [-0.05, 0) is 25.8 Å². The third-order valence-corrected chi connectivity index (χ3v) is 9.26. The zero-order valence-corrected chi connectivity index (χ0v) is 27.7. The zero-order valence-electron chi connectivity index (χ0n) is 27.7. The summed E-state index contributed by atoms with van der Waals surface area (Å²) in [6.07, 6.45) is -4.50. The molecule has 6 atom stereocenters. The average Bonchev–Trinajstić information content (AvgIpc) is 3.06. The summed E-state index contributed by atoms with van der Waals surface area (Å²) in [5.41, 5.74) is -3.94. The Balaban J connectivity index is 1.59. The van der Waals surface area contributed by atoms with Gasteiger partial charge in [0.2, 0.25) is 17.5 Å². The average molecular weight is 684 g/mol. The minimum Gasteiger partial charge on any atom is -0.507 e. The maximum absolute atomic E-state index is 13.9. The van der Waals surface area contributed by atoms with E-state index in [0.29, 0.717) is 12.8 Å². The van der Waals surface area contributed by atoms with Crippen molar-refractivity contribution in [3.63, 3.8) is 0 Å². The summed E-state index contributed by atoms with van der Waals surface area (Å²) in [6.45, 7) is 4.34. The lowest BCUT2D eigenvalue weighted by Gasteiger charge is -2.43. The van der Waals surface area contributed by atoms with Crippen LogP contribution in [0.1, 0.15) is 108 Å². The van der Waals surface area contributed by atoms with E-state index in [2.05, 4.69) is 5.32 Å². The number of aromatic hydroxyl groups is 2. The summed E-state index contributed by atoms with van der Waals surface area (Å²) in [7, 11) is 1.31. The van der Waals surface area contributed by atoms with Gasteiger partial charge in [-0.1, -0.05) is 26.0 Å². The Morgan fingerprint density at radius 3 is 2.39 bits per heavy atom. The number of phenols is 2. The largest absolute Gasteiger partial charge is 0.507 e. The second kappa shape index (κ2) is 14.2. The molecule has 3 aliphatic rings. The van der Waals surface area contributed by atoms with E-state index in [0.717, 1.165) is 0 Å². The third kappa shape index (κ3) is 6.65. The molecule has 1 fully saturated rings. The van der Waals surface area contributed by atoms with Gasteiger partial charge in [-0.2, -0.15) is 0 Å². The Kier molecular flexibility index (Phi) is 10.4. The Morgan fingerprint density at radius 1 is 1.02 bits per heavy atom. The van der Waals surface area contributed by atoms with Gasteiger partial charge < -0.3 is 44.7 Å². The van der Waals surface area contributed by atoms with Crippen LogP contribution in [0.4, 0.5) is 0 Å². The van der Waals surface area contributed by atoms with Crippen LogP contribution >= 0.6 is 0 Å². The van der Waals surface area contributed by atoms with Crippen molar-refractivity contribution >= 4 is 29.2 Å². The van der Waals surface area contributed by atoms with Crippen LogP contribution in [-0.4, -0.2) is 93.5 Å². The number of aliphatic hydroxyl groups excluding tert-OH is 1. The highest BCUT2D eigenvalue weighted by Gasteiger charge is 2.50. The highest BCUT2D eigenvalue weighted by Crippen LogP contribution is 2.52. The van der Waals surface area contributed by atoms with Crippen LogP contribution in [0.5, 0.6) is 17.2 Å². The molecule has 264 valence electrons. The van der Waals surface area contributed by atoms with E-state index in [1.807, 2.05) is 6.92 Å². The minimum atomic E-state index is -2.33. The Hall–Kier alpha value is -4.37. The molecular formula is C35H41NO13. The van der Waals surface area contributed by atoms with Gasteiger partial charge in [0.25, 0.3) is 0 Å². The fourth-order valence-electron chi connectivity index (χ4n) is 6.77. The summed E-state index contributed by atoms with van der Waals surface area (Å²) in [6, 6.07) is 3.53. The molecule has 49 heavy (non-hydrogen) atoms. The molecule has 1 amide bonds. The van der Waals surface area contributed by atoms with Gasteiger partial charge in [-0.3, -0.25) is 24.0 Å². The molecule has 0 saturated carbocycles. The molecule has 0 spiro atoms. The van der Waals surface area contributed by atoms with E-state index in [-0.39, 0.29) is 53.2 Å². The molecule has 0 bridgehead atoms. The SMILES string of the molecule is CCCC(=O)N[C@H]1C[C@@H](O[C@H]2C[C@](O)(C(=O)COC(=O)CCC)Cc3c(O)c4c(c(O)c32)C(=O)c2c(OC)cccc2C4=O)O[C@@H](C)[C@@H]1O. The lowest BCUT2D eigenvalue weighted by molar-refractivity contribution is -0.249. The predicted octanol–water partition coefficient (Wildman–Crippen LogP) is 2.31. The second-order valence-electron chi connectivity index (χ2n) is 12.7. The summed E-state index contributed by atoms with van der Waals surface area (Å²) >= 11 is 0. The van der Waals surface area contributed by atoms with E-state index < -0.39 is 102 Å². The number of carbonyl (C=O) groups excluding carboxylic acids is 5. The van der Waals surface area contributed by atoms with Gasteiger partial charge >= 0.3 is 5.97 Å². The number of aliphatic hydroxyl groups is 2. The van der Waals surface area contributed by atoms with Crippen molar-refractivity contribution in [1.29, 1.82) is 0 Å². The van der Waals surface area contributed by atoms with Crippen LogP contribution in [0, 0.1) is 0 Å². The number of benzene rings is 2. The topological polar surface area (TPSA) is 215 Å². The number of rotatable bonds is 11. The van der Waals surface area contributed by atoms with Crippen LogP contribution in [0.25, 0.3) is 0 Å². The number of esters is 1. The zero-order chi connectivity index (χ0) is 35.8. The van der Waals surface area contributed by atoms with Gasteiger partial charge in [0.05, 0.1) is 42.0 Å². The summed E-state index contributed by atoms with van der Waals surface area (Å²) in [4.78, 5) is 65.6.